The summed E-state index contributed by atoms with van der Waals surface area (Å²) in [6.07, 6.45) is 4.27. The van der Waals surface area contributed by atoms with Crippen LogP contribution in [-0.4, -0.2) is 27.2 Å². The summed E-state index contributed by atoms with van der Waals surface area (Å²) in [6, 6.07) is 0.168. The highest BCUT2D eigenvalue weighted by Gasteiger charge is 2.20. The van der Waals surface area contributed by atoms with Gasteiger partial charge in [0, 0.05) is 6.04 Å². The summed E-state index contributed by atoms with van der Waals surface area (Å²) < 4.78 is 13.8. The molecule has 6 heteroatoms. The van der Waals surface area contributed by atoms with Crippen LogP contribution in [-0.2, 0) is 0 Å². The van der Waals surface area contributed by atoms with Gasteiger partial charge in [0.1, 0.15) is 4.60 Å². The lowest BCUT2D eigenvalue weighted by atomic mass is 9.93. The maximum absolute atomic E-state index is 13.3. The third-order valence-corrected chi connectivity index (χ3v) is 3.12. The number of rotatable bonds is 2. The third-order valence-electron chi connectivity index (χ3n) is 2.74. The van der Waals surface area contributed by atoms with E-state index in [1.54, 1.807) is 0 Å². The molecule has 1 fully saturated rings. The van der Waals surface area contributed by atoms with E-state index in [2.05, 4.69) is 31.2 Å². The first-order chi connectivity index (χ1) is 7.65. The molecule has 0 saturated heterocycles. The second-order valence-electron chi connectivity index (χ2n) is 3.98. The van der Waals surface area contributed by atoms with Crippen molar-refractivity contribution in [2.24, 2.45) is 0 Å². The second-order valence-corrected chi connectivity index (χ2v) is 4.79. The summed E-state index contributed by atoms with van der Waals surface area (Å²) in [5, 5.41) is 12.4. The van der Waals surface area contributed by atoms with Gasteiger partial charge in [-0.3, -0.25) is 0 Å². The summed E-state index contributed by atoms with van der Waals surface area (Å²) in [7, 11) is 0. The Morgan fingerprint density at radius 1 is 1.38 bits per heavy atom. The average molecular weight is 290 g/mol. The fourth-order valence-corrected chi connectivity index (χ4v) is 2.14. The zero-order chi connectivity index (χ0) is 11.5. The van der Waals surface area contributed by atoms with Gasteiger partial charge in [0.15, 0.2) is 5.82 Å². The highest BCUT2D eigenvalue weighted by atomic mass is 79.9. The molecule has 2 N–H and O–H groups in total. The summed E-state index contributed by atoms with van der Waals surface area (Å²) in [4.78, 5) is 7.56. The summed E-state index contributed by atoms with van der Waals surface area (Å²) in [5.74, 6) is -0.412. The van der Waals surface area contributed by atoms with Gasteiger partial charge in [0.2, 0.25) is 0 Å². The highest BCUT2D eigenvalue weighted by molar-refractivity contribution is 9.10. The number of aromatic nitrogens is 2. The van der Waals surface area contributed by atoms with Crippen LogP contribution in [0.2, 0.25) is 0 Å². The second kappa shape index (κ2) is 5.05. The predicted molar refractivity (Wildman–Crippen MR) is 61.6 cm³/mol. The molecule has 88 valence electrons. The maximum atomic E-state index is 13.3. The molecule has 1 aliphatic carbocycles. The lowest BCUT2D eigenvalue weighted by Gasteiger charge is -2.26. The molecule has 4 nitrogen and oxygen atoms in total. The van der Waals surface area contributed by atoms with Crippen LogP contribution in [0, 0.1) is 5.95 Å². The number of aliphatic hydroxyl groups is 1. The van der Waals surface area contributed by atoms with Gasteiger partial charge < -0.3 is 10.4 Å². The van der Waals surface area contributed by atoms with Crippen molar-refractivity contribution in [1.82, 2.24) is 9.97 Å². The standard InChI is InChI=1S/C10H13BrFN3O/c11-8-5-13-9(12)10(15-8)14-6-1-3-7(16)4-2-6/h5-7,16H,1-4H2,(H,14,15)/t6-,7-. The van der Waals surface area contributed by atoms with E-state index in [0.717, 1.165) is 25.7 Å². The van der Waals surface area contributed by atoms with Crippen LogP contribution in [0.25, 0.3) is 0 Å². The highest BCUT2D eigenvalue weighted by Crippen LogP contribution is 2.22. The van der Waals surface area contributed by atoms with Crippen LogP contribution in [0.4, 0.5) is 10.2 Å². The molecule has 1 heterocycles. The van der Waals surface area contributed by atoms with Gasteiger partial charge in [-0.05, 0) is 41.6 Å². The first-order valence-corrected chi connectivity index (χ1v) is 6.07. The minimum atomic E-state index is -0.589. The minimum absolute atomic E-state index is 0.168. The molecule has 1 aliphatic rings. The molecule has 1 aromatic heterocycles. The lowest BCUT2D eigenvalue weighted by Crippen LogP contribution is -2.29. The molecule has 0 unspecified atom stereocenters. The van der Waals surface area contributed by atoms with Gasteiger partial charge in [0.05, 0.1) is 12.3 Å². The van der Waals surface area contributed by atoms with Crippen LogP contribution in [0.1, 0.15) is 25.7 Å². The van der Waals surface area contributed by atoms with Crippen LogP contribution in [0.15, 0.2) is 10.8 Å². The Kier molecular flexibility index (Phi) is 3.70. The van der Waals surface area contributed by atoms with E-state index in [1.807, 2.05) is 0 Å². The molecule has 2 rings (SSSR count). The molecular formula is C10H13BrFN3O. The predicted octanol–water partition coefficient (Wildman–Crippen LogP) is 2.09. The molecule has 1 saturated carbocycles. The van der Waals surface area contributed by atoms with Crippen molar-refractivity contribution in [2.75, 3.05) is 5.32 Å². The van der Waals surface area contributed by atoms with Crippen molar-refractivity contribution in [3.63, 3.8) is 0 Å². The molecule has 16 heavy (non-hydrogen) atoms. The lowest BCUT2D eigenvalue weighted by molar-refractivity contribution is 0.126. The van der Waals surface area contributed by atoms with Crippen LogP contribution in [0.3, 0.4) is 0 Å². The van der Waals surface area contributed by atoms with Crippen LogP contribution in [0.5, 0.6) is 0 Å². The Morgan fingerprint density at radius 3 is 2.75 bits per heavy atom. The first kappa shape index (κ1) is 11.7. The Morgan fingerprint density at radius 2 is 2.06 bits per heavy atom. The molecule has 0 amide bonds. The molecular weight excluding hydrogens is 277 g/mol. The summed E-state index contributed by atoms with van der Waals surface area (Å²) in [5.41, 5.74) is 0. The van der Waals surface area contributed by atoms with Gasteiger partial charge in [-0.15, -0.1) is 0 Å². The number of aliphatic hydroxyl groups excluding tert-OH is 1. The van der Waals surface area contributed by atoms with Crippen molar-refractivity contribution in [3.05, 3.63) is 16.7 Å². The van der Waals surface area contributed by atoms with E-state index in [9.17, 15) is 9.50 Å². The average Bonchev–Trinajstić information content (AvgIpc) is 2.27. The van der Waals surface area contributed by atoms with Crippen molar-refractivity contribution >= 4 is 21.7 Å². The molecule has 0 bridgehead atoms. The van der Waals surface area contributed by atoms with E-state index in [4.69, 9.17) is 0 Å². The van der Waals surface area contributed by atoms with Gasteiger partial charge in [0.25, 0.3) is 5.95 Å². The van der Waals surface area contributed by atoms with E-state index >= 15 is 0 Å². The Labute approximate surface area is 101 Å². The maximum Gasteiger partial charge on any atom is 0.255 e. The molecule has 0 radical (unpaired) electrons. The van der Waals surface area contributed by atoms with E-state index in [0.29, 0.717) is 4.60 Å². The SMILES string of the molecule is O[C@H]1CC[C@H](Nc2nc(Br)cnc2F)CC1. The number of nitrogens with one attached hydrogen (secondary N) is 1. The number of hydrogen-bond acceptors (Lipinski definition) is 4. The largest absolute Gasteiger partial charge is 0.393 e. The van der Waals surface area contributed by atoms with Crippen LogP contribution >= 0.6 is 15.9 Å². The zero-order valence-corrected chi connectivity index (χ0v) is 10.2. The third kappa shape index (κ3) is 2.89. The number of nitrogens with zero attached hydrogens (tertiary/aromatic N) is 2. The molecule has 0 aromatic carbocycles. The Hall–Kier alpha value is -0.750. The van der Waals surface area contributed by atoms with Crippen molar-refractivity contribution in [2.45, 2.75) is 37.8 Å². The monoisotopic (exact) mass is 289 g/mol. The number of anilines is 1. The molecule has 1 aromatic rings. The van der Waals surface area contributed by atoms with E-state index < -0.39 is 5.95 Å². The first-order valence-electron chi connectivity index (χ1n) is 5.28. The number of hydrogen-bond donors (Lipinski definition) is 2. The molecule has 0 aliphatic heterocycles. The van der Waals surface area contributed by atoms with Crippen LogP contribution < -0.4 is 5.32 Å². The zero-order valence-electron chi connectivity index (χ0n) is 8.66. The van der Waals surface area contributed by atoms with Gasteiger partial charge in [-0.2, -0.15) is 4.39 Å². The quantitative estimate of drug-likeness (QED) is 0.875. The van der Waals surface area contributed by atoms with Gasteiger partial charge >= 0.3 is 0 Å². The van der Waals surface area contributed by atoms with E-state index in [1.165, 1.54) is 6.20 Å². The van der Waals surface area contributed by atoms with Gasteiger partial charge in [-0.1, -0.05) is 0 Å². The van der Waals surface area contributed by atoms with Crippen molar-refractivity contribution in [1.29, 1.82) is 0 Å². The molecule has 0 atom stereocenters. The topological polar surface area (TPSA) is 58.0 Å². The minimum Gasteiger partial charge on any atom is -0.393 e. The Bertz CT molecular complexity index is 369. The smallest absolute Gasteiger partial charge is 0.255 e. The normalized spacial score (nSPS) is 25.4. The number of halogens is 2. The van der Waals surface area contributed by atoms with Gasteiger partial charge in [-0.25, -0.2) is 9.97 Å². The summed E-state index contributed by atoms with van der Waals surface area (Å²) in [6.45, 7) is 0. The molecule has 0 spiro atoms. The van der Waals surface area contributed by atoms with Crippen molar-refractivity contribution < 1.29 is 9.50 Å². The van der Waals surface area contributed by atoms with Crippen molar-refractivity contribution in [3.8, 4) is 0 Å². The fourth-order valence-electron chi connectivity index (χ4n) is 1.86. The van der Waals surface area contributed by atoms with E-state index in [-0.39, 0.29) is 18.0 Å². The summed E-state index contributed by atoms with van der Waals surface area (Å²) >= 11 is 3.15. The fraction of sp³-hybridized carbons (Fsp3) is 0.600. The Balaban J connectivity index is 2.00.